The second-order valence-electron chi connectivity index (χ2n) is 5.74. The van der Waals surface area contributed by atoms with Crippen molar-refractivity contribution in [1.29, 1.82) is 5.26 Å². The molecule has 1 N–H and O–H groups in total. The molecule has 1 amide bonds. The molecular weight excluding hydrogens is 296 g/mol. The quantitative estimate of drug-likeness (QED) is 0.856. The smallest absolute Gasteiger partial charge is 0.374 e. The van der Waals surface area contributed by atoms with Crippen molar-refractivity contribution in [1.82, 2.24) is 5.32 Å². The van der Waals surface area contributed by atoms with Crippen LogP contribution in [0.25, 0.3) is 11.0 Å². The van der Waals surface area contributed by atoms with Crippen LogP contribution in [0.4, 0.5) is 0 Å². The number of carbonyl (C=O) groups is 2. The van der Waals surface area contributed by atoms with Crippen LogP contribution in [0.15, 0.2) is 34.7 Å². The van der Waals surface area contributed by atoms with Crippen molar-refractivity contribution in [2.75, 3.05) is 6.61 Å². The highest BCUT2D eigenvalue weighted by Crippen LogP contribution is 2.19. The van der Waals surface area contributed by atoms with Gasteiger partial charge in [0.25, 0.3) is 5.91 Å². The fourth-order valence-electron chi connectivity index (χ4n) is 1.91. The third kappa shape index (κ3) is 3.69. The van der Waals surface area contributed by atoms with E-state index in [9.17, 15) is 9.59 Å². The number of hydrogen-bond acceptors (Lipinski definition) is 5. The molecule has 2 rings (SSSR count). The van der Waals surface area contributed by atoms with Gasteiger partial charge in [-0.1, -0.05) is 32.0 Å². The molecule has 0 unspecified atom stereocenters. The first-order valence-corrected chi connectivity index (χ1v) is 7.23. The number of para-hydroxylation sites is 1. The lowest BCUT2D eigenvalue weighted by Gasteiger charge is -2.27. The summed E-state index contributed by atoms with van der Waals surface area (Å²) in [6, 6.07) is 10.8. The van der Waals surface area contributed by atoms with E-state index >= 15 is 0 Å². The van der Waals surface area contributed by atoms with Gasteiger partial charge in [0, 0.05) is 5.39 Å². The Kier molecular flexibility index (Phi) is 4.70. The summed E-state index contributed by atoms with van der Waals surface area (Å²) in [5, 5.41) is 12.5. The molecule has 6 nitrogen and oxygen atoms in total. The van der Waals surface area contributed by atoms with Gasteiger partial charge in [-0.05, 0) is 25.0 Å². The first-order valence-electron chi connectivity index (χ1n) is 7.23. The number of nitriles is 1. The fourth-order valence-corrected chi connectivity index (χ4v) is 1.91. The minimum absolute atomic E-state index is 0.0332. The van der Waals surface area contributed by atoms with E-state index in [4.69, 9.17) is 14.4 Å². The summed E-state index contributed by atoms with van der Waals surface area (Å²) in [7, 11) is 0. The van der Waals surface area contributed by atoms with Gasteiger partial charge in [0.2, 0.25) is 5.76 Å². The minimum atomic E-state index is -1.01. The molecule has 0 bridgehead atoms. The topological polar surface area (TPSA) is 92.3 Å². The number of carbonyl (C=O) groups excluding carboxylic acids is 2. The molecule has 0 saturated carbocycles. The zero-order chi connectivity index (χ0) is 17.0. The Balaban J connectivity index is 1.96. The lowest BCUT2D eigenvalue weighted by atomic mass is 9.90. The molecule has 1 aromatic heterocycles. The van der Waals surface area contributed by atoms with Crippen LogP contribution >= 0.6 is 0 Å². The van der Waals surface area contributed by atoms with Crippen molar-refractivity contribution in [3.8, 4) is 6.07 Å². The van der Waals surface area contributed by atoms with E-state index in [2.05, 4.69) is 11.4 Å². The summed E-state index contributed by atoms with van der Waals surface area (Å²) in [6.45, 7) is 4.80. The molecule has 0 aliphatic rings. The number of hydrogen-bond donors (Lipinski definition) is 1. The first kappa shape index (κ1) is 16.6. The molecule has 1 heterocycles. The zero-order valence-electron chi connectivity index (χ0n) is 13.3. The highest BCUT2D eigenvalue weighted by molar-refractivity contribution is 5.93. The van der Waals surface area contributed by atoms with E-state index in [0.717, 1.165) is 5.39 Å². The molecule has 0 spiro atoms. The van der Waals surface area contributed by atoms with Crippen LogP contribution in [0.1, 0.15) is 31.3 Å². The van der Waals surface area contributed by atoms with E-state index in [1.54, 1.807) is 25.1 Å². The molecule has 0 fully saturated rings. The number of rotatable bonds is 5. The summed E-state index contributed by atoms with van der Waals surface area (Å²) in [5.41, 5.74) is -0.441. The largest absolute Gasteiger partial charge is 0.450 e. The number of nitrogens with one attached hydrogen (secondary N) is 1. The van der Waals surface area contributed by atoms with Crippen molar-refractivity contribution < 1.29 is 18.7 Å². The maximum Gasteiger partial charge on any atom is 0.374 e. The average molecular weight is 314 g/mol. The third-order valence-corrected chi connectivity index (χ3v) is 3.75. The summed E-state index contributed by atoms with van der Waals surface area (Å²) >= 11 is 0. The van der Waals surface area contributed by atoms with E-state index in [1.807, 2.05) is 26.0 Å². The van der Waals surface area contributed by atoms with Crippen molar-refractivity contribution in [3.63, 3.8) is 0 Å². The number of benzene rings is 1. The maximum atomic E-state index is 11.9. The zero-order valence-corrected chi connectivity index (χ0v) is 13.3. The van der Waals surface area contributed by atoms with Crippen LogP contribution in [0.3, 0.4) is 0 Å². The van der Waals surface area contributed by atoms with Crippen LogP contribution in [-0.2, 0) is 9.53 Å². The molecule has 1 atom stereocenters. The Morgan fingerprint density at radius 3 is 2.70 bits per heavy atom. The molecule has 120 valence electrons. The molecule has 2 aromatic rings. The fraction of sp³-hybridized carbons (Fsp3) is 0.353. The molecule has 0 saturated heterocycles. The predicted octanol–water partition coefficient (Wildman–Crippen LogP) is 2.64. The van der Waals surface area contributed by atoms with Crippen molar-refractivity contribution >= 4 is 22.8 Å². The monoisotopic (exact) mass is 314 g/mol. The highest BCUT2D eigenvalue weighted by Gasteiger charge is 2.30. The number of furan rings is 1. The molecular formula is C17H18N2O4. The summed E-state index contributed by atoms with van der Waals surface area (Å²) in [5.74, 6) is -1.31. The Bertz CT molecular complexity index is 739. The second-order valence-corrected chi connectivity index (χ2v) is 5.74. The van der Waals surface area contributed by atoms with Crippen LogP contribution in [-0.4, -0.2) is 24.0 Å². The van der Waals surface area contributed by atoms with Crippen molar-refractivity contribution in [2.45, 2.75) is 26.3 Å². The van der Waals surface area contributed by atoms with Gasteiger partial charge in [-0.25, -0.2) is 4.79 Å². The van der Waals surface area contributed by atoms with Gasteiger partial charge in [-0.2, -0.15) is 5.26 Å². The second kappa shape index (κ2) is 6.53. The summed E-state index contributed by atoms with van der Waals surface area (Å²) in [4.78, 5) is 23.8. The predicted molar refractivity (Wildman–Crippen MR) is 83.5 cm³/mol. The molecule has 1 aromatic carbocycles. The SMILES string of the molecule is CC(C)[C@](C)(C#N)NC(=O)COC(=O)c1cc2ccccc2o1. The van der Waals surface area contributed by atoms with Crippen LogP contribution in [0.2, 0.25) is 0 Å². The highest BCUT2D eigenvalue weighted by atomic mass is 16.5. The van der Waals surface area contributed by atoms with Gasteiger partial charge in [-0.3, -0.25) is 4.79 Å². The summed E-state index contributed by atoms with van der Waals surface area (Å²) < 4.78 is 10.3. The molecule has 0 aliphatic heterocycles. The van der Waals surface area contributed by atoms with Gasteiger partial charge >= 0.3 is 5.97 Å². The molecule has 0 radical (unpaired) electrons. The minimum Gasteiger partial charge on any atom is -0.450 e. The van der Waals surface area contributed by atoms with Crippen LogP contribution < -0.4 is 5.32 Å². The summed E-state index contributed by atoms with van der Waals surface area (Å²) in [6.07, 6.45) is 0. The number of fused-ring (bicyclic) bond motifs is 1. The van der Waals surface area contributed by atoms with Gasteiger partial charge in [-0.15, -0.1) is 0 Å². The van der Waals surface area contributed by atoms with Gasteiger partial charge in [0.1, 0.15) is 11.1 Å². The Labute approximate surface area is 134 Å². The third-order valence-electron chi connectivity index (χ3n) is 3.75. The van der Waals surface area contributed by atoms with Crippen LogP contribution in [0.5, 0.6) is 0 Å². The van der Waals surface area contributed by atoms with E-state index in [-0.39, 0.29) is 11.7 Å². The number of amides is 1. The normalized spacial score (nSPS) is 13.3. The van der Waals surface area contributed by atoms with E-state index < -0.39 is 24.0 Å². The van der Waals surface area contributed by atoms with E-state index in [1.165, 1.54) is 0 Å². The molecule has 0 aliphatic carbocycles. The number of nitrogens with zero attached hydrogens (tertiary/aromatic N) is 1. The van der Waals surface area contributed by atoms with E-state index in [0.29, 0.717) is 5.58 Å². The van der Waals surface area contributed by atoms with Gasteiger partial charge < -0.3 is 14.5 Å². The van der Waals surface area contributed by atoms with Gasteiger partial charge in [0.15, 0.2) is 6.61 Å². The Morgan fingerprint density at radius 1 is 1.39 bits per heavy atom. The lowest BCUT2D eigenvalue weighted by Crippen LogP contribution is -2.50. The molecule has 23 heavy (non-hydrogen) atoms. The first-order chi connectivity index (χ1) is 10.9. The van der Waals surface area contributed by atoms with Gasteiger partial charge in [0.05, 0.1) is 6.07 Å². The lowest BCUT2D eigenvalue weighted by molar-refractivity contribution is -0.125. The Hall–Kier alpha value is -2.81. The van der Waals surface area contributed by atoms with Crippen LogP contribution in [0, 0.1) is 17.2 Å². The Morgan fingerprint density at radius 2 is 2.09 bits per heavy atom. The molecule has 6 heteroatoms. The standard InChI is InChI=1S/C17H18N2O4/c1-11(2)17(3,10-18)19-15(20)9-22-16(21)14-8-12-6-4-5-7-13(12)23-14/h4-8,11H,9H2,1-3H3,(H,19,20)/t17-/m0/s1. The van der Waals surface area contributed by atoms with Crippen molar-refractivity contribution in [2.24, 2.45) is 5.92 Å². The maximum absolute atomic E-state index is 11.9. The number of esters is 1. The van der Waals surface area contributed by atoms with Crippen molar-refractivity contribution in [3.05, 3.63) is 36.1 Å². The average Bonchev–Trinajstić information content (AvgIpc) is 2.96. The number of ether oxygens (including phenoxy) is 1.